The number of carbonyl (C=O) groups excluding carboxylic acids is 1. The highest BCUT2D eigenvalue weighted by atomic mass is 16.5. The van der Waals surface area contributed by atoms with E-state index >= 15 is 0 Å². The maximum Gasteiger partial charge on any atom is 0.217 e. The van der Waals surface area contributed by atoms with Gasteiger partial charge in [-0.3, -0.25) is 9.59 Å². The average molecular weight is 507 g/mol. The van der Waals surface area contributed by atoms with E-state index in [0.717, 1.165) is 40.9 Å². The molecule has 2 aromatic carbocycles. The van der Waals surface area contributed by atoms with Crippen molar-refractivity contribution >= 4 is 11.6 Å². The molecular weight excluding hydrogens is 472 g/mol. The van der Waals surface area contributed by atoms with Gasteiger partial charge in [0, 0.05) is 24.9 Å². The predicted molar refractivity (Wildman–Crippen MR) is 143 cm³/mol. The van der Waals surface area contributed by atoms with Crippen LogP contribution in [0.1, 0.15) is 49.6 Å². The van der Waals surface area contributed by atoms with E-state index < -0.39 is 0 Å². The number of hydrogen-bond acceptors (Lipinski definition) is 7. The van der Waals surface area contributed by atoms with E-state index in [4.69, 9.17) is 18.6 Å². The Labute approximate surface area is 216 Å². The smallest absolute Gasteiger partial charge is 0.217 e. The topological polar surface area (TPSA) is 99.0 Å². The SMILES string of the molecule is COc1cc2c(c(OC)c1OC)-c1ccc(NC(C)CCc3ccco3)c(=O)cc1[C@@H](NC(C)=O)CC2. The number of anilines is 1. The second kappa shape index (κ2) is 11.4. The van der Waals surface area contributed by atoms with Gasteiger partial charge in [0.05, 0.1) is 39.3 Å². The Hall–Kier alpha value is -3.94. The zero-order chi connectivity index (χ0) is 26.5. The first-order valence-electron chi connectivity index (χ1n) is 12.4. The summed E-state index contributed by atoms with van der Waals surface area (Å²) in [7, 11) is 4.74. The average Bonchev–Trinajstić information content (AvgIpc) is 3.30. The van der Waals surface area contributed by atoms with Crippen LogP contribution < -0.4 is 30.3 Å². The summed E-state index contributed by atoms with van der Waals surface area (Å²) in [5.74, 6) is 2.32. The fourth-order valence-electron chi connectivity index (χ4n) is 4.98. The summed E-state index contributed by atoms with van der Waals surface area (Å²) in [6, 6.07) is 10.8. The fraction of sp³-hybridized carbons (Fsp3) is 0.379. The Morgan fingerprint density at radius 2 is 1.89 bits per heavy atom. The minimum atomic E-state index is -0.342. The van der Waals surface area contributed by atoms with Crippen molar-refractivity contribution in [1.82, 2.24) is 5.32 Å². The van der Waals surface area contributed by atoms with E-state index in [-0.39, 0.29) is 23.4 Å². The molecule has 196 valence electrons. The van der Waals surface area contributed by atoms with Gasteiger partial charge in [-0.15, -0.1) is 0 Å². The summed E-state index contributed by atoms with van der Waals surface area (Å²) in [6.45, 7) is 3.52. The Morgan fingerprint density at radius 1 is 1.11 bits per heavy atom. The van der Waals surface area contributed by atoms with E-state index in [2.05, 4.69) is 10.6 Å². The molecule has 0 radical (unpaired) electrons. The molecule has 1 amide bonds. The summed E-state index contributed by atoms with van der Waals surface area (Å²) in [6.07, 6.45) is 4.49. The van der Waals surface area contributed by atoms with Crippen LogP contribution in [0.4, 0.5) is 5.69 Å². The van der Waals surface area contributed by atoms with Gasteiger partial charge in [0.1, 0.15) is 5.76 Å². The number of aryl methyl sites for hydroxylation is 2. The number of rotatable bonds is 9. The van der Waals surface area contributed by atoms with Crippen LogP contribution in [0.25, 0.3) is 11.1 Å². The molecule has 4 rings (SSSR count). The van der Waals surface area contributed by atoms with Crippen LogP contribution >= 0.6 is 0 Å². The maximum atomic E-state index is 13.4. The number of hydrogen-bond donors (Lipinski definition) is 2. The largest absolute Gasteiger partial charge is 0.493 e. The monoisotopic (exact) mass is 506 g/mol. The molecule has 1 aliphatic carbocycles. The molecule has 37 heavy (non-hydrogen) atoms. The van der Waals surface area contributed by atoms with Crippen molar-refractivity contribution < 1.29 is 23.4 Å². The molecule has 1 aliphatic rings. The van der Waals surface area contributed by atoms with Gasteiger partial charge in [-0.2, -0.15) is 0 Å². The number of furan rings is 1. The first-order valence-corrected chi connectivity index (χ1v) is 12.4. The lowest BCUT2D eigenvalue weighted by atomic mass is 9.95. The number of carbonyl (C=O) groups is 1. The lowest BCUT2D eigenvalue weighted by Crippen LogP contribution is -2.26. The van der Waals surface area contributed by atoms with Gasteiger partial charge in [-0.05, 0) is 73.2 Å². The molecule has 2 atom stereocenters. The number of nitrogens with one attached hydrogen (secondary N) is 2. The maximum absolute atomic E-state index is 13.4. The van der Waals surface area contributed by atoms with Gasteiger partial charge in [0.25, 0.3) is 0 Å². The van der Waals surface area contributed by atoms with Crippen molar-refractivity contribution in [3.8, 4) is 28.4 Å². The fourth-order valence-corrected chi connectivity index (χ4v) is 4.98. The molecule has 0 bridgehead atoms. The molecule has 1 unspecified atom stereocenters. The number of amides is 1. The third kappa shape index (κ3) is 5.58. The molecule has 0 aliphatic heterocycles. The molecular formula is C29H34N2O6. The number of ether oxygens (including phenoxy) is 3. The van der Waals surface area contributed by atoms with Gasteiger partial charge in [-0.25, -0.2) is 0 Å². The van der Waals surface area contributed by atoms with E-state index in [1.807, 2.05) is 31.2 Å². The van der Waals surface area contributed by atoms with Gasteiger partial charge in [-0.1, -0.05) is 6.07 Å². The molecule has 3 aromatic rings. The third-order valence-corrected chi connectivity index (χ3v) is 6.72. The van der Waals surface area contributed by atoms with Crippen LogP contribution in [0, 0.1) is 0 Å². The minimum Gasteiger partial charge on any atom is -0.493 e. The van der Waals surface area contributed by atoms with Crippen molar-refractivity contribution in [3.05, 3.63) is 69.8 Å². The normalized spacial score (nSPS) is 15.0. The van der Waals surface area contributed by atoms with Crippen LogP contribution in [-0.2, 0) is 17.6 Å². The first-order chi connectivity index (χ1) is 17.9. The quantitative estimate of drug-likeness (QED) is 0.426. The molecule has 1 heterocycles. The molecule has 8 heteroatoms. The summed E-state index contributed by atoms with van der Waals surface area (Å²) in [5, 5.41) is 6.40. The van der Waals surface area contributed by atoms with Crippen molar-refractivity contribution in [2.24, 2.45) is 0 Å². The lowest BCUT2D eigenvalue weighted by molar-refractivity contribution is -0.119. The van der Waals surface area contributed by atoms with Crippen molar-refractivity contribution in [3.63, 3.8) is 0 Å². The molecule has 0 saturated carbocycles. The van der Waals surface area contributed by atoms with Crippen molar-refractivity contribution in [2.75, 3.05) is 26.6 Å². The Bertz CT molecular complexity index is 1320. The summed E-state index contributed by atoms with van der Waals surface area (Å²) in [4.78, 5) is 25.5. The van der Waals surface area contributed by atoms with Crippen LogP contribution in [0.3, 0.4) is 0 Å². The van der Waals surface area contributed by atoms with Gasteiger partial charge in [0.15, 0.2) is 11.5 Å². The molecule has 0 spiro atoms. The van der Waals surface area contributed by atoms with E-state index in [0.29, 0.717) is 35.8 Å². The standard InChI is InChI=1S/C29H34N2O6/c1-17(8-10-20-7-6-14-37-20)30-24-13-11-21-22(16-25(24)33)23(31-18(2)32)12-9-19-15-26(34-3)28(35-4)29(36-5)27(19)21/h6-7,11,13-17,23H,8-10,12H2,1-5H3,(H,30,33)(H,31,32)/t17?,23-/m0/s1. The molecule has 1 aromatic heterocycles. The Balaban J connectivity index is 1.82. The molecule has 0 saturated heterocycles. The number of fused-ring (bicyclic) bond motifs is 3. The van der Waals surface area contributed by atoms with E-state index in [1.165, 1.54) is 6.92 Å². The lowest BCUT2D eigenvalue weighted by Gasteiger charge is -2.19. The Morgan fingerprint density at radius 3 is 2.54 bits per heavy atom. The summed E-state index contributed by atoms with van der Waals surface area (Å²) >= 11 is 0. The van der Waals surface area contributed by atoms with Gasteiger partial charge in [0.2, 0.25) is 17.1 Å². The van der Waals surface area contributed by atoms with Gasteiger partial charge >= 0.3 is 0 Å². The van der Waals surface area contributed by atoms with Crippen molar-refractivity contribution in [1.29, 1.82) is 0 Å². The highest BCUT2D eigenvalue weighted by Gasteiger charge is 2.29. The van der Waals surface area contributed by atoms with E-state index in [9.17, 15) is 9.59 Å². The van der Waals surface area contributed by atoms with Crippen molar-refractivity contribution in [2.45, 2.75) is 51.6 Å². The van der Waals surface area contributed by atoms with Crippen LogP contribution in [0.15, 0.2) is 51.9 Å². The van der Waals surface area contributed by atoms with Crippen LogP contribution in [-0.4, -0.2) is 33.3 Å². The predicted octanol–water partition coefficient (Wildman–Crippen LogP) is 4.89. The van der Waals surface area contributed by atoms with Gasteiger partial charge < -0.3 is 29.3 Å². The zero-order valence-corrected chi connectivity index (χ0v) is 22.0. The summed E-state index contributed by atoms with van der Waals surface area (Å²) in [5.41, 5.74) is 3.70. The summed E-state index contributed by atoms with van der Waals surface area (Å²) < 4.78 is 22.5. The highest BCUT2D eigenvalue weighted by molar-refractivity contribution is 5.83. The Kier molecular flexibility index (Phi) is 8.06. The molecule has 0 fully saturated rings. The second-order valence-corrected chi connectivity index (χ2v) is 9.26. The minimum absolute atomic E-state index is 0.0392. The number of benzene rings is 1. The molecule has 8 nitrogen and oxygen atoms in total. The number of methoxy groups -OCH3 is 3. The third-order valence-electron chi connectivity index (χ3n) is 6.72. The van der Waals surface area contributed by atoms with E-state index in [1.54, 1.807) is 39.7 Å². The zero-order valence-electron chi connectivity index (χ0n) is 22.0. The van der Waals surface area contributed by atoms with Crippen LogP contribution in [0.2, 0.25) is 0 Å². The molecule has 2 N–H and O–H groups in total. The van der Waals surface area contributed by atoms with Crippen LogP contribution in [0.5, 0.6) is 17.2 Å². The second-order valence-electron chi connectivity index (χ2n) is 9.26. The first kappa shape index (κ1) is 26.1. The highest BCUT2D eigenvalue weighted by Crippen LogP contribution is 2.50.